The molecule has 2 aromatic rings. The Bertz CT molecular complexity index is 747. The first-order chi connectivity index (χ1) is 11.1. The number of thiocarbonyl (C=S) groups is 1. The van der Waals surface area contributed by atoms with Crippen molar-refractivity contribution < 1.29 is 0 Å². The highest BCUT2D eigenvalue weighted by atomic mass is 35.5. The molecule has 0 aliphatic carbocycles. The van der Waals surface area contributed by atoms with Crippen molar-refractivity contribution >= 4 is 68.8 Å². The summed E-state index contributed by atoms with van der Waals surface area (Å²) in [5.74, 6) is 0.948. The van der Waals surface area contributed by atoms with Crippen LogP contribution in [0.1, 0.15) is 0 Å². The van der Waals surface area contributed by atoms with E-state index in [1.54, 1.807) is 11.8 Å². The van der Waals surface area contributed by atoms with Gasteiger partial charge in [-0.05, 0) is 54.7 Å². The molecule has 0 spiro atoms. The third kappa shape index (κ3) is 4.38. The van der Waals surface area contributed by atoms with Crippen LogP contribution >= 0.6 is 47.2 Å². The van der Waals surface area contributed by atoms with E-state index in [-0.39, 0.29) is 0 Å². The molecular formula is C16H13Cl2N3S2. The van der Waals surface area contributed by atoms with Gasteiger partial charge in [-0.3, -0.25) is 4.90 Å². The van der Waals surface area contributed by atoms with Crippen LogP contribution in [-0.4, -0.2) is 27.5 Å². The lowest BCUT2D eigenvalue weighted by atomic mass is 10.3. The molecule has 0 atom stereocenters. The van der Waals surface area contributed by atoms with Crippen LogP contribution in [0.15, 0.2) is 53.5 Å². The van der Waals surface area contributed by atoms with Crippen molar-refractivity contribution in [1.29, 1.82) is 0 Å². The summed E-state index contributed by atoms with van der Waals surface area (Å²) in [6.45, 7) is 0.823. The zero-order valence-electron chi connectivity index (χ0n) is 12.0. The van der Waals surface area contributed by atoms with Crippen LogP contribution in [0.4, 0.5) is 11.4 Å². The molecule has 1 fully saturated rings. The summed E-state index contributed by atoms with van der Waals surface area (Å²) in [6, 6.07) is 14.9. The highest BCUT2D eigenvalue weighted by Gasteiger charge is 2.23. The summed E-state index contributed by atoms with van der Waals surface area (Å²) in [5, 5.41) is 6.07. The molecule has 1 aliphatic rings. The van der Waals surface area contributed by atoms with Crippen molar-refractivity contribution in [3.63, 3.8) is 0 Å². The van der Waals surface area contributed by atoms with Crippen LogP contribution in [0.5, 0.6) is 0 Å². The number of nitrogens with one attached hydrogen (secondary N) is 1. The molecule has 0 saturated carbocycles. The Balaban J connectivity index is 1.75. The van der Waals surface area contributed by atoms with Crippen LogP contribution in [0.3, 0.4) is 0 Å². The van der Waals surface area contributed by atoms with E-state index < -0.39 is 0 Å². The maximum atomic E-state index is 6.00. The molecule has 0 bridgehead atoms. The lowest BCUT2D eigenvalue weighted by Crippen LogP contribution is -2.35. The van der Waals surface area contributed by atoms with E-state index in [1.165, 1.54) is 0 Å². The van der Waals surface area contributed by atoms with Crippen LogP contribution in [0, 0.1) is 0 Å². The highest BCUT2D eigenvalue weighted by molar-refractivity contribution is 8.14. The maximum Gasteiger partial charge on any atom is 0.179 e. The second-order valence-corrected chi connectivity index (χ2v) is 7.13. The molecule has 3 rings (SSSR count). The standard InChI is InChI=1S/C16H13Cl2N3S2/c17-11-4-6-13(7-5-11)20-16-21(8-9-23-16)15(22)19-14-3-1-2-12(18)10-14/h1-7,10H,8-9H2,(H,19,22). The lowest BCUT2D eigenvalue weighted by Gasteiger charge is -2.20. The third-order valence-corrected chi connectivity index (χ3v) is 4.92. The van der Waals surface area contributed by atoms with Gasteiger partial charge < -0.3 is 5.32 Å². The fraction of sp³-hybridized carbons (Fsp3) is 0.125. The maximum absolute atomic E-state index is 6.00. The Morgan fingerprint density at radius 3 is 2.65 bits per heavy atom. The first kappa shape index (κ1) is 16.6. The van der Waals surface area contributed by atoms with E-state index in [4.69, 9.17) is 35.4 Å². The van der Waals surface area contributed by atoms with Crippen LogP contribution in [-0.2, 0) is 0 Å². The number of thioether (sulfide) groups is 1. The topological polar surface area (TPSA) is 27.6 Å². The number of aliphatic imine (C=N–C) groups is 1. The fourth-order valence-electron chi connectivity index (χ4n) is 2.07. The molecule has 1 saturated heterocycles. The van der Waals surface area contributed by atoms with Gasteiger partial charge in [0.05, 0.1) is 5.69 Å². The van der Waals surface area contributed by atoms with Gasteiger partial charge in [-0.2, -0.15) is 0 Å². The third-order valence-electron chi connectivity index (χ3n) is 3.15. The molecule has 0 unspecified atom stereocenters. The quantitative estimate of drug-likeness (QED) is 0.702. The van der Waals surface area contributed by atoms with Crippen LogP contribution in [0.25, 0.3) is 0 Å². The van der Waals surface area contributed by atoms with Crippen molar-refractivity contribution in [2.45, 2.75) is 0 Å². The number of anilines is 1. The Hall–Kier alpha value is -1.27. The second kappa shape index (κ2) is 7.53. The number of amidine groups is 1. The van der Waals surface area contributed by atoms with Crippen molar-refractivity contribution in [2.24, 2.45) is 4.99 Å². The molecule has 7 heteroatoms. The van der Waals surface area contributed by atoms with E-state index in [0.717, 1.165) is 28.8 Å². The SMILES string of the molecule is S=C(Nc1cccc(Cl)c1)N1CCSC1=Nc1ccc(Cl)cc1. The number of nitrogens with zero attached hydrogens (tertiary/aromatic N) is 2. The van der Waals surface area contributed by atoms with Crippen molar-refractivity contribution in [3.05, 3.63) is 58.6 Å². The minimum atomic E-state index is 0.616. The summed E-state index contributed by atoms with van der Waals surface area (Å²) in [7, 11) is 0. The first-order valence-corrected chi connectivity index (χ1v) is 9.08. The second-order valence-electron chi connectivity index (χ2n) is 4.81. The molecule has 1 N–H and O–H groups in total. The molecule has 0 amide bonds. The van der Waals surface area contributed by atoms with E-state index in [0.29, 0.717) is 15.2 Å². The average molecular weight is 382 g/mol. The molecule has 0 aromatic heterocycles. The summed E-state index contributed by atoms with van der Waals surface area (Å²) in [5.41, 5.74) is 1.72. The molecule has 1 heterocycles. The first-order valence-electron chi connectivity index (χ1n) is 6.93. The van der Waals surface area contributed by atoms with Gasteiger partial charge >= 0.3 is 0 Å². The highest BCUT2D eigenvalue weighted by Crippen LogP contribution is 2.25. The minimum Gasteiger partial charge on any atom is -0.332 e. The van der Waals surface area contributed by atoms with E-state index in [9.17, 15) is 0 Å². The molecule has 118 valence electrons. The Morgan fingerprint density at radius 1 is 1.13 bits per heavy atom. The lowest BCUT2D eigenvalue weighted by molar-refractivity contribution is 0.687. The van der Waals surface area contributed by atoms with Gasteiger partial charge in [0, 0.05) is 28.0 Å². The predicted molar refractivity (Wildman–Crippen MR) is 105 cm³/mol. The molecule has 2 aromatic carbocycles. The Kier molecular flexibility index (Phi) is 5.43. The molecule has 0 radical (unpaired) electrons. The normalized spacial score (nSPS) is 15.9. The van der Waals surface area contributed by atoms with Crippen molar-refractivity contribution in [1.82, 2.24) is 4.90 Å². The predicted octanol–water partition coefficient (Wildman–Crippen LogP) is 5.43. The van der Waals surface area contributed by atoms with Gasteiger partial charge in [0.1, 0.15) is 0 Å². The Morgan fingerprint density at radius 2 is 1.91 bits per heavy atom. The summed E-state index contributed by atoms with van der Waals surface area (Å²) >= 11 is 19.1. The molecule has 23 heavy (non-hydrogen) atoms. The summed E-state index contributed by atoms with van der Waals surface area (Å²) in [4.78, 5) is 6.65. The van der Waals surface area contributed by atoms with Crippen molar-refractivity contribution in [2.75, 3.05) is 17.6 Å². The average Bonchev–Trinajstić information content (AvgIpc) is 2.98. The monoisotopic (exact) mass is 381 g/mol. The van der Waals surface area contributed by atoms with Crippen LogP contribution < -0.4 is 5.32 Å². The molecule has 1 aliphatic heterocycles. The van der Waals surface area contributed by atoms with Crippen LogP contribution in [0.2, 0.25) is 10.0 Å². The van der Waals surface area contributed by atoms with Gasteiger partial charge in [0.2, 0.25) is 0 Å². The summed E-state index contributed by atoms with van der Waals surface area (Å²) in [6.07, 6.45) is 0. The largest absolute Gasteiger partial charge is 0.332 e. The minimum absolute atomic E-state index is 0.616. The van der Waals surface area contributed by atoms with E-state index in [2.05, 4.69) is 10.3 Å². The summed E-state index contributed by atoms with van der Waals surface area (Å²) < 4.78 is 0. The van der Waals surface area contributed by atoms with Gasteiger partial charge in [-0.1, -0.05) is 41.0 Å². The van der Waals surface area contributed by atoms with Crippen molar-refractivity contribution in [3.8, 4) is 0 Å². The van der Waals surface area contributed by atoms with Gasteiger partial charge in [-0.15, -0.1) is 0 Å². The van der Waals surface area contributed by atoms with E-state index >= 15 is 0 Å². The molecule has 3 nitrogen and oxygen atoms in total. The zero-order chi connectivity index (χ0) is 16.2. The van der Waals surface area contributed by atoms with Gasteiger partial charge in [0.25, 0.3) is 0 Å². The van der Waals surface area contributed by atoms with Gasteiger partial charge in [-0.25, -0.2) is 4.99 Å². The zero-order valence-corrected chi connectivity index (χ0v) is 15.1. The smallest absolute Gasteiger partial charge is 0.179 e. The van der Waals surface area contributed by atoms with E-state index in [1.807, 2.05) is 53.4 Å². The fourth-order valence-corrected chi connectivity index (χ4v) is 3.70. The Labute approximate surface area is 154 Å². The number of hydrogen-bond donors (Lipinski definition) is 1. The molecular weight excluding hydrogens is 369 g/mol. The number of halogens is 2. The number of benzene rings is 2. The number of rotatable bonds is 2. The van der Waals surface area contributed by atoms with Gasteiger partial charge in [0.15, 0.2) is 10.3 Å². The number of hydrogen-bond acceptors (Lipinski definition) is 3.